The number of pyridine rings is 1. The van der Waals surface area contributed by atoms with Gasteiger partial charge >= 0.3 is 0 Å². The lowest BCUT2D eigenvalue weighted by atomic mass is 10.4. The van der Waals surface area contributed by atoms with E-state index >= 15 is 0 Å². The van der Waals surface area contributed by atoms with Crippen molar-refractivity contribution in [3.63, 3.8) is 0 Å². The van der Waals surface area contributed by atoms with Crippen LogP contribution in [0.25, 0.3) is 0 Å². The fourth-order valence-electron chi connectivity index (χ4n) is 1.10. The number of quaternary nitrogens is 1. The minimum atomic E-state index is 0. The van der Waals surface area contributed by atoms with E-state index in [-0.39, 0.29) is 34.0 Å². The Morgan fingerprint density at radius 1 is 1.43 bits per heavy atom. The lowest BCUT2D eigenvalue weighted by Crippen LogP contribution is -3.00. The molecule has 0 aliphatic carbocycles. The smallest absolute Gasteiger partial charge is 0.192 e. The van der Waals surface area contributed by atoms with Gasteiger partial charge in [-0.1, -0.05) is 0 Å². The van der Waals surface area contributed by atoms with Crippen molar-refractivity contribution in [2.75, 3.05) is 18.9 Å². The van der Waals surface area contributed by atoms with Crippen molar-refractivity contribution in [1.82, 2.24) is 0 Å². The average Bonchev–Trinajstić information content (AvgIpc) is 2.15. The number of anilines is 1. The van der Waals surface area contributed by atoms with Gasteiger partial charge in [0, 0.05) is 13.1 Å². The molecule has 0 aromatic carbocycles. The van der Waals surface area contributed by atoms with Gasteiger partial charge in [0.1, 0.15) is 0 Å². The summed E-state index contributed by atoms with van der Waals surface area (Å²) in [7, 11) is 1.93. The van der Waals surface area contributed by atoms with Crippen LogP contribution >= 0.6 is 0 Å². The van der Waals surface area contributed by atoms with Gasteiger partial charge in [-0.25, -0.2) is 4.57 Å². The summed E-state index contributed by atoms with van der Waals surface area (Å²) in [6.07, 6.45) is 5.32. The van der Waals surface area contributed by atoms with Crippen LogP contribution in [-0.4, -0.2) is 13.6 Å². The van der Waals surface area contributed by atoms with E-state index in [2.05, 4.69) is 40.1 Å². The Bertz CT molecular complexity index is 243. The van der Waals surface area contributed by atoms with Gasteiger partial charge < -0.3 is 45.0 Å². The van der Waals surface area contributed by atoms with E-state index in [4.69, 9.17) is 0 Å². The van der Waals surface area contributed by atoms with Gasteiger partial charge in [-0.2, -0.15) is 0 Å². The van der Waals surface area contributed by atoms with Gasteiger partial charge in [0.05, 0.1) is 18.7 Å². The van der Waals surface area contributed by atoms with Crippen LogP contribution in [0.4, 0.5) is 5.69 Å². The minimum Gasteiger partial charge on any atom is -1.00 e. The van der Waals surface area contributed by atoms with Crippen molar-refractivity contribution in [2.45, 2.75) is 13.0 Å². The molecule has 0 radical (unpaired) electrons. The highest BCUT2D eigenvalue weighted by Gasteiger charge is 1.99. The molecule has 0 aliphatic heterocycles. The third-order valence-electron chi connectivity index (χ3n) is 1.81. The van der Waals surface area contributed by atoms with Crippen LogP contribution in [0.3, 0.4) is 0 Å². The summed E-state index contributed by atoms with van der Waals surface area (Å²) >= 11 is 0. The zero-order chi connectivity index (χ0) is 8.81. The first-order chi connectivity index (χ1) is 5.86. The second-order valence-electron chi connectivity index (χ2n) is 2.79. The summed E-state index contributed by atoms with van der Waals surface area (Å²) in [5, 5.41) is 3.11. The number of halogens is 2. The fourth-order valence-corrected chi connectivity index (χ4v) is 1.10. The first-order valence-corrected chi connectivity index (χ1v) is 4.33. The van der Waals surface area contributed by atoms with Crippen molar-refractivity contribution in [2.24, 2.45) is 0 Å². The fraction of sp³-hybridized carbons (Fsp3) is 0.444. The first kappa shape index (κ1) is 16.3. The molecule has 0 saturated heterocycles. The molecular formula is C9H17Br2N3. The molecule has 0 aliphatic rings. The van der Waals surface area contributed by atoms with Crippen molar-refractivity contribution < 1.29 is 44.3 Å². The molecule has 0 bridgehead atoms. The maximum atomic E-state index is 3.81. The molecule has 3 nitrogen and oxygen atoms in total. The molecule has 1 aromatic rings. The maximum Gasteiger partial charge on any atom is 0.192 e. The lowest BCUT2D eigenvalue weighted by molar-refractivity contribution is -0.698. The zero-order valence-electron chi connectivity index (χ0n) is 8.34. The molecular weight excluding hydrogens is 310 g/mol. The number of hydrogen-bond donors (Lipinski definition) is 2. The summed E-state index contributed by atoms with van der Waals surface area (Å²) in [6, 6.07) is 4.11. The molecule has 5 heteroatoms. The normalized spacial score (nSPS) is 8.43. The maximum absolute atomic E-state index is 3.81. The molecule has 0 spiro atoms. The standard InChI is InChI=1S/C9H16N3.2BrH/c1-11-9-4-2-6-12(8-9)7-3-5-10;;/h2,4,6,8,11H,3,5,7,10H2,1H3;2*1H/q+1;;/p-1. The second kappa shape index (κ2) is 9.43. The highest BCUT2D eigenvalue weighted by atomic mass is 79.9. The molecule has 14 heavy (non-hydrogen) atoms. The van der Waals surface area contributed by atoms with Crippen LogP contribution in [0.2, 0.25) is 0 Å². The quantitative estimate of drug-likeness (QED) is 0.531. The molecule has 1 heterocycles. The SMILES string of the molecule is CNc1ccc[n+](CCC[NH3+])c1.[Br-].[Br-]. The molecule has 82 valence electrons. The predicted octanol–water partition coefficient (Wildman–Crippen LogP) is -6.34. The Morgan fingerprint density at radius 2 is 2.14 bits per heavy atom. The van der Waals surface area contributed by atoms with Crippen molar-refractivity contribution in [3.8, 4) is 0 Å². The summed E-state index contributed by atoms with van der Waals surface area (Å²) in [6.45, 7) is 2.05. The Labute approximate surface area is 106 Å². The molecule has 4 N–H and O–H groups in total. The van der Waals surface area contributed by atoms with E-state index in [1.807, 2.05) is 7.05 Å². The first-order valence-electron chi connectivity index (χ1n) is 4.33. The zero-order valence-corrected chi connectivity index (χ0v) is 11.5. The highest BCUT2D eigenvalue weighted by molar-refractivity contribution is 5.36. The van der Waals surface area contributed by atoms with Crippen LogP contribution in [0.1, 0.15) is 6.42 Å². The van der Waals surface area contributed by atoms with Gasteiger partial charge in [0.25, 0.3) is 0 Å². The second-order valence-corrected chi connectivity index (χ2v) is 2.79. The molecule has 1 aromatic heterocycles. The average molecular weight is 327 g/mol. The summed E-state index contributed by atoms with van der Waals surface area (Å²) in [5.74, 6) is 0. The van der Waals surface area contributed by atoms with Crippen molar-refractivity contribution in [3.05, 3.63) is 24.5 Å². The van der Waals surface area contributed by atoms with E-state index in [1.165, 1.54) is 0 Å². The van der Waals surface area contributed by atoms with Crippen LogP contribution in [-0.2, 0) is 6.54 Å². The van der Waals surface area contributed by atoms with Gasteiger partial charge in [-0.05, 0) is 6.07 Å². The summed E-state index contributed by atoms with van der Waals surface area (Å²) in [4.78, 5) is 0. The Hall–Kier alpha value is -0.130. The Morgan fingerprint density at radius 3 is 2.71 bits per heavy atom. The summed E-state index contributed by atoms with van der Waals surface area (Å²) < 4.78 is 2.18. The molecule has 0 atom stereocenters. The van der Waals surface area contributed by atoms with Crippen molar-refractivity contribution in [1.29, 1.82) is 0 Å². The van der Waals surface area contributed by atoms with E-state index in [9.17, 15) is 0 Å². The number of aromatic nitrogens is 1. The Balaban J connectivity index is 0. The predicted molar refractivity (Wildman–Crippen MR) is 48.6 cm³/mol. The van der Waals surface area contributed by atoms with Crippen molar-refractivity contribution >= 4 is 5.69 Å². The van der Waals surface area contributed by atoms with E-state index in [0.717, 1.165) is 25.2 Å². The third kappa shape index (κ3) is 5.57. The van der Waals surface area contributed by atoms with Crippen LogP contribution in [0.15, 0.2) is 24.5 Å². The topological polar surface area (TPSA) is 43.5 Å². The summed E-state index contributed by atoms with van der Waals surface area (Å²) in [5.41, 5.74) is 4.97. The number of nitrogens with zero attached hydrogens (tertiary/aromatic N) is 1. The number of aryl methyl sites for hydroxylation is 1. The minimum absolute atomic E-state index is 0. The van der Waals surface area contributed by atoms with E-state index < -0.39 is 0 Å². The molecule has 0 amide bonds. The van der Waals surface area contributed by atoms with E-state index in [0.29, 0.717) is 0 Å². The van der Waals surface area contributed by atoms with Gasteiger partial charge in [-0.15, -0.1) is 0 Å². The van der Waals surface area contributed by atoms with Gasteiger partial charge in [0.2, 0.25) is 0 Å². The highest BCUT2D eigenvalue weighted by Crippen LogP contribution is 1.98. The molecule has 1 rings (SSSR count). The third-order valence-corrected chi connectivity index (χ3v) is 1.81. The van der Waals surface area contributed by atoms with Crippen LogP contribution in [0.5, 0.6) is 0 Å². The molecule has 0 unspecified atom stereocenters. The monoisotopic (exact) mass is 325 g/mol. The van der Waals surface area contributed by atoms with Gasteiger partial charge in [-0.3, -0.25) is 0 Å². The van der Waals surface area contributed by atoms with E-state index in [1.54, 1.807) is 0 Å². The van der Waals surface area contributed by atoms with Crippen LogP contribution in [0, 0.1) is 0 Å². The molecule has 0 saturated carbocycles. The van der Waals surface area contributed by atoms with Gasteiger partial charge in [0.15, 0.2) is 18.9 Å². The number of rotatable bonds is 4. The molecule has 0 fully saturated rings. The largest absolute Gasteiger partial charge is 1.00 e. The number of hydrogen-bond acceptors (Lipinski definition) is 1. The lowest BCUT2D eigenvalue weighted by Gasteiger charge is -1.98. The number of nitrogens with one attached hydrogen (secondary N) is 1. The van der Waals surface area contributed by atoms with Crippen LogP contribution < -0.4 is 49.6 Å². The Kier molecular flexibility index (Phi) is 11.0.